The summed E-state index contributed by atoms with van der Waals surface area (Å²) in [6.45, 7) is 3.89. The zero-order chi connectivity index (χ0) is 30.8. The molecule has 13 heteroatoms. The van der Waals surface area contributed by atoms with Gasteiger partial charge in [-0.05, 0) is 27.3 Å². The van der Waals surface area contributed by atoms with Crippen LogP contribution in [0.3, 0.4) is 0 Å². The summed E-state index contributed by atoms with van der Waals surface area (Å²) in [5.74, 6) is 0. The van der Waals surface area contributed by atoms with Gasteiger partial charge >= 0.3 is 44.7 Å². The lowest BCUT2D eigenvalue weighted by Crippen LogP contribution is -2.72. The standard InChI is InChI=1S/C30H40O8Si5/c1-31-40(32-2)37-42(27-19-11-7-12-20-27,28-21-13-8-14-22-28)35-39(5)36-43(29-23-15-9-16-24-29,30-25-17-10-18-26-30)38-41(6,33-3)34-4/h7-26,39-40H,1-6H3. The van der Waals surface area contributed by atoms with Gasteiger partial charge in [0, 0.05) is 35.0 Å². The molecule has 0 saturated carbocycles. The van der Waals surface area contributed by atoms with Gasteiger partial charge in [0.1, 0.15) is 0 Å². The predicted octanol–water partition coefficient (Wildman–Crippen LogP) is 2.29. The normalized spacial score (nSPS) is 13.3. The number of benzene rings is 4. The molecule has 0 heterocycles. The molecule has 1 atom stereocenters. The van der Waals surface area contributed by atoms with Crippen LogP contribution in [0.4, 0.5) is 0 Å². The molecule has 0 aromatic heterocycles. The van der Waals surface area contributed by atoms with E-state index in [1.54, 1.807) is 28.4 Å². The second kappa shape index (κ2) is 15.6. The van der Waals surface area contributed by atoms with Crippen LogP contribution in [-0.4, -0.2) is 73.2 Å². The molecule has 228 valence electrons. The lowest BCUT2D eigenvalue weighted by molar-refractivity contribution is 0.155. The molecule has 0 amide bonds. The first kappa shape index (κ1) is 33.5. The van der Waals surface area contributed by atoms with Crippen molar-refractivity contribution in [3.05, 3.63) is 121 Å². The van der Waals surface area contributed by atoms with Gasteiger partial charge in [-0.2, -0.15) is 0 Å². The molecule has 0 bridgehead atoms. The third kappa shape index (κ3) is 7.84. The molecule has 4 rings (SSSR count). The molecular formula is C30H40O8Si5. The Labute approximate surface area is 261 Å². The highest BCUT2D eigenvalue weighted by atomic mass is 28.5. The minimum atomic E-state index is -3.48. The summed E-state index contributed by atoms with van der Waals surface area (Å²) in [5, 5.41) is 3.70. The van der Waals surface area contributed by atoms with Crippen LogP contribution in [0, 0.1) is 0 Å². The minimum absolute atomic E-state index is 0.922. The maximum absolute atomic E-state index is 7.25. The maximum Gasteiger partial charge on any atom is 0.488 e. The van der Waals surface area contributed by atoms with Crippen LogP contribution in [-0.2, 0) is 34.2 Å². The van der Waals surface area contributed by atoms with Gasteiger partial charge in [-0.1, -0.05) is 121 Å². The highest BCUT2D eigenvalue weighted by Crippen LogP contribution is 2.22. The average molecular weight is 669 g/mol. The van der Waals surface area contributed by atoms with Gasteiger partial charge in [-0.25, -0.2) is 0 Å². The highest BCUT2D eigenvalue weighted by molar-refractivity contribution is 7.01. The van der Waals surface area contributed by atoms with E-state index in [0.717, 1.165) is 20.7 Å². The quantitative estimate of drug-likeness (QED) is 0.169. The fraction of sp³-hybridized carbons (Fsp3) is 0.200. The second-order valence-corrected chi connectivity index (χ2v) is 23.4. The van der Waals surface area contributed by atoms with Gasteiger partial charge in [0.25, 0.3) is 0 Å². The Morgan fingerprint density at radius 2 is 0.791 bits per heavy atom. The summed E-state index contributed by atoms with van der Waals surface area (Å²) in [6, 6.07) is 40.1. The van der Waals surface area contributed by atoms with E-state index in [4.69, 9.17) is 34.2 Å². The van der Waals surface area contributed by atoms with Gasteiger partial charge in [0.2, 0.25) is 0 Å². The molecular weight excluding hydrogens is 629 g/mol. The van der Waals surface area contributed by atoms with E-state index in [1.165, 1.54) is 0 Å². The third-order valence-electron chi connectivity index (χ3n) is 7.00. The van der Waals surface area contributed by atoms with Gasteiger partial charge in [-0.15, -0.1) is 0 Å². The number of rotatable bonds is 16. The van der Waals surface area contributed by atoms with Gasteiger partial charge in [-0.3, -0.25) is 0 Å². The van der Waals surface area contributed by atoms with Gasteiger partial charge in [0.05, 0.1) is 0 Å². The molecule has 0 aliphatic carbocycles. The Kier molecular flexibility index (Phi) is 12.2. The largest absolute Gasteiger partial charge is 0.488 e. The molecule has 8 nitrogen and oxygen atoms in total. The Hall–Kier alpha value is -2.36. The third-order valence-corrected chi connectivity index (χ3v) is 23.7. The summed E-state index contributed by atoms with van der Waals surface area (Å²) in [5.41, 5.74) is 0. The van der Waals surface area contributed by atoms with Crippen molar-refractivity contribution in [1.82, 2.24) is 0 Å². The zero-order valence-corrected chi connectivity index (χ0v) is 30.8. The van der Waals surface area contributed by atoms with Crippen molar-refractivity contribution >= 4 is 65.5 Å². The van der Waals surface area contributed by atoms with E-state index in [1.807, 2.05) is 134 Å². The van der Waals surface area contributed by atoms with Crippen LogP contribution >= 0.6 is 0 Å². The van der Waals surface area contributed by atoms with Gasteiger partial charge < -0.3 is 34.2 Å². The molecule has 0 N–H and O–H groups in total. The van der Waals surface area contributed by atoms with Crippen LogP contribution < -0.4 is 20.7 Å². The van der Waals surface area contributed by atoms with E-state index >= 15 is 0 Å². The first-order valence-corrected chi connectivity index (χ1v) is 23.3. The summed E-state index contributed by atoms with van der Waals surface area (Å²) < 4.78 is 51.5. The average Bonchev–Trinajstić information content (AvgIpc) is 3.07. The minimum Gasteiger partial charge on any atom is -0.411 e. The van der Waals surface area contributed by atoms with Crippen LogP contribution in [0.5, 0.6) is 0 Å². The molecule has 43 heavy (non-hydrogen) atoms. The summed E-state index contributed by atoms with van der Waals surface area (Å²) >= 11 is 0. The summed E-state index contributed by atoms with van der Waals surface area (Å²) in [6.07, 6.45) is 0. The van der Waals surface area contributed by atoms with Crippen molar-refractivity contribution < 1.29 is 34.2 Å². The molecule has 0 aliphatic rings. The van der Waals surface area contributed by atoms with Crippen molar-refractivity contribution in [2.45, 2.75) is 13.1 Å². The Morgan fingerprint density at radius 1 is 0.465 bits per heavy atom. The van der Waals surface area contributed by atoms with Crippen molar-refractivity contribution in [3.8, 4) is 0 Å². The topological polar surface area (TPSA) is 73.8 Å². The van der Waals surface area contributed by atoms with E-state index in [9.17, 15) is 0 Å². The maximum atomic E-state index is 7.25. The first-order valence-electron chi connectivity index (χ1n) is 14.0. The number of hydrogen-bond acceptors (Lipinski definition) is 8. The van der Waals surface area contributed by atoms with Crippen LogP contribution in [0.15, 0.2) is 121 Å². The SMILES string of the molecule is CO[SiH](OC)O[Si](O[SiH](C)O[Si](O[Si](C)(OC)OC)(c1ccccc1)c1ccccc1)(c1ccccc1)c1ccccc1. The Bertz CT molecular complexity index is 1290. The van der Waals surface area contributed by atoms with Gasteiger partial charge in [0.15, 0.2) is 0 Å². The first-order chi connectivity index (χ1) is 20.8. The lowest BCUT2D eigenvalue weighted by Gasteiger charge is -2.41. The lowest BCUT2D eigenvalue weighted by atomic mass is 10.4. The van der Waals surface area contributed by atoms with E-state index < -0.39 is 44.7 Å². The van der Waals surface area contributed by atoms with Crippen molar-refractivity contribution in [2.24, 2.45) is 0 Å². The molecule has 1 unspecified atom stereocenters. The smallest absolute Gasteiger partial charge is 0.411 e. The van der Waals surface area contributed by atoms with Crippen LogP contribution in [0.2, 0.25) is 13.1 Å². The van der Waals surface area contributed by atoms with Crippen molar-refractivity contribution in [2.75, 3.05) is 28.4 Å². The molecule has 0 radical (unpaired) electrons. The number of hydrogen-bond donors (Lipinski definition) is 0. The Morgan fingerprint density at radius 3 is 1.12 bits per heavy atom. The second-order valence-electron chi connectivity index (χ2n) is 9.75. The fourth-order valence-electron chi connectivity index (χ4n) is 4.79. The van der Waals surface area contributed by atoms with E-state index in [2.05, 4.69) is 0 Å². The Balaban J connectivity index is 1.88. The zero-order valence-electron chi connectivity index (χ0n) is 25.5. The molecule has 0 saturated heterocycles. The molecule has 0 spiro atoms. The highest BCUT2D eigenvalue weighted by Gasteiger charge is 2.54. The van der Waals surface area contributed by atoms with Crippen molar-refractivity contribution in [1.29, 1.82) is 0 Å². The molecule has 4 aromatic carbocycles. The molecule has 4 aromatic rings. The van der Waals surface area contributed by atoms with Crippen LogP contribution in [0.25, 0.3) is 0 Å². The van der Waals surface area contributed by atoms with Crippen LogP contribution in [0.1, 0.15) is 0 Å². The van der Waals surface area contributed by atoms with E-state index in [0.29, 0.717) is 0 Å². The molecule has 0 aliphatic heterocycles. The van der Waals surface area contributed by atoms with E-state index in [-0.39, 0.29) is 0 Å². The monoisotopic (exact) mass is 668 g/mol. The predicted molar refractivity (Wildman–Crippen MR) is 180 cm³/mol. The fourth-order valence-corrected chi connectivity index (χ4v) is 22.9. The molecule has 0 fully saturated rings. The summed E-state index contributed by atoms with van der Waals surface area (Å²) in [7, 11) is -8.84. The summed E-state index contributed by atoms with van der Waals surface area (Å²) in [4.78, 5) is 0. The van der Waals surface area contributed by atoms with Crippen molar-refractivity contribution in [3.63, 3.8) is 0 Å².